The number of hydrogen-bond donors (Lipinski definition) is 0. The summed E-state index contributed by atoms with van der Waals surface area (Å²) in [5.74, 6) is -0.578. The van der Waals surface area contributed by atoms with Gasteiger partial charge >= 0.3 is 12.1 Å². The molecule has 1 rings (SSSR count). The highest BCUT2D eigenvalue weighted by Crippen LogP contribution is 2.34. The third kappa shape index (κ3) is 13.7. The number of hydrogen-bond acceptors (Lipinski definition) is 5. The van der Waals surface area contributed by atoms with Crippen molar-refractivity contribution in [2.75, 3.05) is 13.2 Å². The number of halogens is 2. The number of esters is 1. The Hall–Kier alpha value is -1.46. The second-order valence-electron chi connectivity index (χ2n) is 8.29. The second kappa shape index (κ2) is 18.9. The van der Waals surface area contributed by atoms with Gasteiger partial charge < -0.3 is 14.2 Å². The van der Waals surface area contributed by atoms with Crippen LogP contribution in [0.15, 0.2) is 12.1 Å². The van der Waals surface area contributed by atoms with E-state index in [0.29, 0.717) is 0 Å². The molecule has 0 spiro atoms. The minimum absolute atomic E-state index is 0.0302. The fourth-order valence-electron chi connectivity index (χ4n) is 3.55. The summed E-state index contributed by atoms with van der Waals surface area (Å²) in [4.78, 5) is 23.7. The van der Waals surface area contributed by atoms with Crippen LogP contribution < -0.4 is 4.74 Å². The van der Waals surface area contributed by atoms with Crippen molar-refractivity contribution in [2.24, 2.45) is 0 Å². The molecule has 0 aromatic heterocycles. The summed E-state index contributed by atoms with van der Waals surface area (Å²) in [5.41, 5.74) is 0.190. The summed E-state index contributed by atoms with van der Waals surface area (Å²) in [6.07, 6.45) is 16.8. The molecule has 0 radical (unpaired) electrons. The van der Waals surface area contributed by atoms with Gasteiger partial charge in [0.15, 0.2) is 5.75 Å². The van der Waals surface area contributed by atoms with E-state index < -0.39 is 12.1 Å². The van der Waals surface area contributed by atoms with Gasteiger partial charge in [-0.15, -0.1) is 0 Å². The van der Waals surface area contributed by atoms with Crippen LogP contribution in [-0.2, 0) is 9.47 Å². The van der Waals surface area contributed by atoms with Crippen LogP contribution in [0.25, 0.3) is 0 Å². The highest BCUT2D eigenvalue weighted by molar-refractivity contribution is 6.37. The summed E-state index contributed by atoms with van der Waals surface area (Å²) in [5, 5.41) is 0.0815. The fourth-order valence-corrected chi connectivity index (χ4v) is 4.12. The van der Waals surface area contributed by atoms with Crippen molar-refractivity contribution in [3.8, 4) is 5.75 Å². The number of unbranched alkanes of at least 4 members (excludes halogenated alkanes) is 13. The Balaban J connectivity index is 2.08. The molecule has 0 fully saturated rings. The van der Waals surface area contributed by atoms with Crippen LogP contribution in [-0.4, -0.2) is 25.3 Å². The lowest BCUT2D eigenvalue weighted by Gasteiger charge is -2.10. The maximum atomic E-state index is 11.9. The first-order chi connectivity index (χ1) is 16.0. The first kappa shape index (κ1) is 29.6. The molecule has 0 heterocycles. The van der Waals surface area contributed by atoms with Crippen molar-refractivity contribution < 1.29 is 23.8 Å². The Bertz CT molecular complexity index is 670. The highest BCUT2D eigenvalue weighted by atomic mass is 35.5. The largest absolute Gasteiger partial charge is 0.513 e. The van der Waals surface area contributed by atoms with E-state index in [1.54, 1.807) is 6.92 Å². The number of ether oxygens (including phenoxy) is 3. The minimum atomic E-state index is -0.864. The summed E-state index contributed by atoms with van der Waals surface area (Å²) >= 11 is 12.2. The molecular weight excluding hydrogens is 463 g/mol. The molecule has 33 heavy (non-hydrogen) atoms. The number of carbonyl (C=O) groups excluding carboxylic acids is 2. The minimum Gasteiger partial charge on any atom is -0.462 e. The third-order valence-electron chi connectivity index (χ3n) is 5.41. The van der Waals surface area contributed by atoms with Crippen molar-refractivity contribution in [3.63, 3.8) is 0 Å². The van der Waals surface area contributed by atoms with E-state index in [4.69, 9.17) is 37.4 Å². The second-order valence-corrected chi connectivity index (χ2v) is 9.10. The molecule has 0 amide bonds. The smallest absolute Gasteiger partial charge is 0.462 e. The Morgan fingerprint density at radius 3 is 1.61 bits per heavy atom. The Labute approximate surface area is 209 Å². The molecule has 1 aromatic rings. The normalized spacial score (nSPS) is 10.8. The molecule has 0 unspecified atom stereocenters. The zero-order chi connectivity index (χ0) is 24.3. The standard InChI is InChI=1S/C26H40Cl2O5/c1-3-5-6-7-8-9-10-11-12-13-14-15-16-17-18-32-26(30)33-24-22(27)19-21(20-23(24)28)25(29)31-4-2/h19-20H,3-18H2,1-2H3. The lowest BCUT2D eigenvalue weighted by molar-refractivity contribution is 0.0526. The zero-order valence-electron chi connectivity index (χ0n) is 20.3. The maximum absolute atomic E-state index is 11.9. The first-order valence-corrected chi connectivity index (χ1v) is 13.3. The lowest BCUT2D eigenvalue weighted by Crippen LogP contribution is -2.12. The van der Waals surface area contributed by atoms with Gasteiger partial charge in [-0.3, -0.25) is 0 Å². The van der Waals surface area contributed by atoms with Gasteiger partial charge in [0.2, 0.25) is 0 Å². The summed E-state index contributed by atoms with van der Waals surface area (Å²) in [7, 11) is 0. The van der Waals surface area contributed by atoms with Crippen molar-refractivity contribution in [2.45, 2.75) is 104 Å². The fraction of sp³-hybridized carbons (Fsp3) is 0.692. The predicted molar refractivity (Wildman–Crippen MR) is 135 cm³/mol. The van der Waals surface area contributed by atoms with Gasteiger partial charge in [0.25, 0.3) is 0 Å². The summed E-state index contributed by atoms with van der Waals surface area (Å²) in [6, 6.07) is 2.70. The summed E-state index contributed by atoms with van der Waals surface area (Å²) < 4.78 is 15.1. The monoisotopic (exact) mass is 502 g/mol. The Kier molecular flexibility index (Phi) is 16.9. The molecule has 0 atom stereocenters. The van der Waals surface area contributed by atoms with E-state index in [9.17, 15) is 9.59 Å². The number of carbonyl (C=O) groups is 2. The average molecular weight is 504 g/mol. The molecular formula is C26H40Cl2O5. The van der Waals surface area contributed by atoms with E-state index in [1.807, 2.05) is 0 Å². The number of benzene rings is 1. The topological polar surface area (TPSA) is 61.8 Å². The molecule has 0 saturated carbocycles. The molecule has 0 aliphatic carbocycles. The van der Waals surface area contributed by atoms with Crippen LogP contribution in [0.4, 0.5) is 4.79 Å². The van der Waals surface area contributed by atoms with Crippen LogP contribution in [0.1, 0.15) is 114 Å². The Morgan fingerprint density at radius 1 is 0.697 bits per heavy atom. The van der Waals surface area contributed by atoms with Gasteiger partial charge in [-0.2, -0.15) is 0 Å². The van der Waals surface area contributed by atoms with Crippen molar-refractivity contribution in [3.05, 3.63) is 27.7 Å². The number of rotatable bonds is 18. The molecule has 0 aliphatic rings. The van der Waals surface area contributed by atoms with E-state index in [1.165, 1.54) is 82.8 Å². The van der Waals surface area contributed by atoms with E-state index in [0.717, 1.165) is 19.3 Å². The maximum Gasteiger partial charge on any atom is 0.513 e. The van der Waals surface area contributed by atoms with E-state index in [-0.39, 0.29) is 34.6 Å². The third-order valence-corrected chi connectivity index (χ3v) is 5.97. The van der Waals surface area contributed by atoms with Gasteiger partial charge in [0.1, 0.15) is 0 Å². The Morgan fingerprint density at radius 2 is 1.15 bits per heavy atom. The van der Waals surface area contributed by atoms with Gasteiger partial charge in [-0.05, 0) is 25.5 Å². The van der Waals surface area contributed by atoms with Gasteiger partial charge in [-0.1, -0.05) is 114 Å². The molecule has 7 heteroatoms. The van der Waals surface area contributed by atoms with Crippen LogP contribution >= 0.6 is 23.2 Å². The van der Waals surface area contributed by atoms with Crippen molar-refractivity contribution >= 4 is 35.3 Å². The average Bonchev–Trinajstić information content (AvgIpc) is 2.78. The van der Waals surface area contributed by atoms with E-state index >= 15 is 0 Å². The molecule has 188 valence electrons. The van der Waals surface area contributed by atoms with Crippen LogP contribution in [0.5, 0.6) is 5.75 Å². The molecule has 0 aliphatic heterocycles. The predicted octanol–water partition coefficient (Wildman–Crippen LogP) is 9.17. The molecule has 0 N–H and O–H groups in total. The highest BCUT2D eigenvalue weighted by Gasteiger charge is 2.18. The van der Waals surface area contributed by atoms with Gasteiger partial charge in [0, 0.05) is 0 Å². The molecule has 5 nitrogen and oxygen atoms in total. The van der Waals surface area contributed by atoms with Crippen LogP contribution in [0.2, 0.25) is 10.0 Å². The first-order valence-electron chi connectivity index (χ1n) is 12.5. The van der Waals surface area contributed by atoms with Crippen LogP contribution in [0, 0.1) is 0 Å². The quantitative estimate of drug-likeness (QED) is 0.114. The zero-order valence-corrected chi connectivity index (χ0v) is 21.8. The van der Waals surface area contributed by atoms with E-state index in [2.05, 4.69) is 6.92 Å². The van der Waals surface area contributed by atoms with Gasteiger partial charge in [0.05, 0.1) is 28.8 Å². The molecule has 0 bridgehead atoms. The SMILES string of the molecule is CCCCCCCCCCCCCCCCOC(=O)Oc1c(Cl)cc(C(=O)OCC)cc1Cl. The van der Waals surface area contributed by atoms with Crippen molar-refractivity contribution in [1.29, 1.82) is 0 Å². The lowest BCUT2D eigenvalue weighted by atomic mass is 10.0. The van der Waals surface area contributed by atoms with Crippen LogP contribution in [0.3, 0.4) is 0 Å². The molecule has 1 aromatic carbocycles. The molecule has 0 saturated heterocycles. The van der Waals surface area contributed by atoms with Gasteiger partial charge in [-0.25, -0.2) is 9.59 Å². The summed E-state index contributed by atoms with van der Waals surface area (Å²) in [6.45, 7) is 4.47. The van der Waals surface area contributed by atoms with Crippen molar-refractivity contribution in [1.82, 2.24) is 0 Å².